The Labute approximate surface area is 123 Å². The first-order chi connectivity index (χ1) is 9.97. The SMILES string of the molecule is COCc1cccc(NS(=O)(=O)c2n[nH]c(C)c2CO)c1. The lowest BCUT2D eigenvalue weighted by Gasteiger charge is -2.08. The summed E-state index contributed by atoms with van der Waals surface area (Å²) in [6, 6.07) is 6.88. The zero-order valence-corrected chi connectivity index (χ0v) is 12.6. The maximum absolute atomic E-state index is 12.3. The summed E-state index contributed by atoms with van der Waals surface area (Å²) in [6.45, 7) is 1.64. The molecule has 7 nitrogen and oxygen atoms in total. The van der Waals surface area contributed by atoms with Crippen molar-refractivity contribution in [1.82, 2.24) is 10.2 Å². The second-order valence-corrected chi connectivity index (χ2v) is 6.13. The van der Waals surface area contributed by atoms with Gasteiger partial charge in [0.1, 0.15) is 0 Å². The van der Waals surface area contributed by atoms with Gasteiger partial charge in [0, 0.05) is 24.1 Å². The molecule has 0 fully saturated rings. The smallest absolute Gasteiger partial charge is 0.281 e. The second-order valence-electron chi connectivity index (χ2n) is 4.53. The molecule has 0 atom stereocenters. The summed E-state index contributed by atoms with van der Waals surface area (Å²) in [5.74, 6) is 0. The Bertz CT molecular complexity index is 725. The minimum absolute atomic E-state index is 0.195. The summed E-state index contributed by atoms with van der Waals surface area (Å²) >= 11 is 0. The predicted octanol–water partition coefficient (Wildman–Crippen LogP) is 1.16. The Morgan fingerprint density at radius 3 is 2.86 bits per heavy atom. The van der Waals surface area contributed by atoms with E-state index in [4.69, 9.17) is 4.74 Å². The Morgan fingerprint density at radius 2 is 2.19 bits per heavy atom. The molecule has 1 aromatic heterocycles. The molecule has 0 aliphatic rings. The molecule has 0 saturated carbocycles. The van der Waals surface area contributed by atoms with Gasteiger partial charge in [-0.25, -0.2) is 0 Å². The number of aliphatic hydroxyl groups is 1. The molecule has 0 saturated heterocycles. The summed E-state index contributed by atoms with van der Waals surface area (Å²) in [4.78, 5) is 0. The maximum Gasteiger partial charge on any atom is 0.281 e. The van der Waals surface area contributed by atoms with Crippen molar-refractivity contribution in [1.29, 1.82) is 0 Å². The van der Waals surface area contributed by atoms with Crippen molar-refractivity contribution < 1.29 is 18.3 Å². The van der Waals surface area contributed by atoms with Crippen molar-refractivity contribution in [2.24, 2.45) is 0 Å². The molecule has 2 aromatic rings. The first-order valence-electron chi connectivity index (χ1n) is 6.23. The number of H-pyrrole nitrogens is 1. The van der Waals surface area contributed by atoms with E-state index in [1.807, 2.05) is 6.07 Å². The van der Waals surface area contributed by atoms with Crippen LogP contribution in [0.5, 0.6) is 0 Å². The molecule has 3 N–H and O–H groups in total. The van der Waals surface area contributed by atoms with Gasteiger partial charge in [0.2, 0.25) is 5.03 Å². The molecule has 0 amide bonds. The third kappa shape index (κ3) is 3.41. The highest BCUT2D eigenvalue weighted by molar-refractivity contribution is 7.92. The van der Waals surface area contributed by atoms with Crippen LogP contribution in [0.25, 0.3) is 0 Å². The monoisotopic (exact) mass is 311 g/mol. The van der Waals surface area contributed by atoms with Gasteiger partial charge in [0.25, 0.3) is 10.0 Å². The van der Waals surface area contributed by atoms with Crippen molar-refractivity contribution >= 4 is 15.7 Å². The summed E-state index contributed by atoms with van der Waals surface area (Å²) in [7, 11) is -2.29. The normalized spacial score (nSPS) is 11.6. The summed E-state index contributed by atoms with van der Waals surface area (Å²) in [5.41, 5.74) is 2.04. The number of aromatic amines is 1. The average Bonchev–Trinajstić information content (AvgIpc) is 2.81. The molecule has 0 spiro atoms. The van der Waals surface area contributed by atoms with Gasteiger partial charge < -0.3 is 9.84 Å². The largest absolute Gasteiger partial charge is 0.392 e. The highest BCUT2D eigenvalue weighted by Crippen LogP contribution is 2.20. The Balaban J connectivity index is 2.31. The Morgan fingerprint density at radius 1 is 1.43 bits per heavy atom. The number of hydrogen-bond donors (Lipinski definition) is 3. The van der Waals surface area contributed by atoms with E-state index in [0.717, 1.165) is 5.56 Å². The first kappa shape index (κ1) is 15.5. The maximum atomic E-state index is 12.3. The lowest BCUT2D eigenvalue weighted by Crippen LogP contribution is -2.15. The van der Waals surface area contributed by atoms with Gasteiger partial charge in [0.05, 0.1) is 13.2 Å². The molecule has 0 radical (unpaired) electrons. The molecule has 21 heavy (non-hydrogen) atoms. The molecule has 8 heteroatoms. The number of benzene rings is 1. The average molecular weight is 311 g/mol. The number of methoxy groups -OCH3 is 1. The van der Waals surface area contributed by atoms with Crippen molar-refractivity contribution in [2.45, 2.75) is 25.2 Å². The standard InChI is InChI=1S/C13H17N3O4S/c1-9-12(7-17)13(15-14-9)21(18,19)16-11-5-3-4-10(6-11)8-20-2/h3-6,16-17H,7-8H2,1-2H3,(H,14,15). The third-order valence-electron chi connectivity index (χ3n) is 2.94. The van der Waals surface area contributed by atoms with E-state index in [0.29, 0.717) is 18.0 Å². The van der Waals surface area contributed by atoms with Gasteiger partial charge >= 0.3 is 0 Å². The van der Waals surface area contributed by atoms with Crippen LogP contribution in [0.2, 0.25) is 0 Å². The fraction of sp³-hybridized carbons (Fsp3) is 0.308. The number of nitrogens with zero attached hydrogens (tertiary/aromatic N) is 1. The predicted molar refractivity (Wildman–Crippen MR) is 77.2 cm³/mol. The number of rotatable bonds is 6. The van der Waals surface area contributed by atoms with E-state index in [1.54, 1.807) is 32.2 Å². The minimum Gasteiger partial charge on any atom is -0.392 e. The molecule has 1 aromatic carbocycles. The van der Waals surface area contributed by atoms with E-state index < -0.39 is 16.6 Å². The summed E-state index contributed by atoms with van der Waals surface area (Å²) in [5, 5.41) is 15.4. The second kappa shape index (κ2) is 6.25. The molecule has 0 aliphatic carbocycles. The molecule has 2 rings (SSSR count). The molecular weight excluding hydrogens is 294 g/mol. The molecule has 0 bridgehead atoms. The van der Waals surface area contributed by atoms with Crippen LogP contribution in [0.3, 0.4) is 0 Å². The number of anilines is 1. The van der Waals surface area contributed by atoms with E-state index in [9.17, 15) is 13.5 Å². The molecule has 0 unspecified atom stereocenters. The van der Waals surface area contributed by atoms with Crippen molar-refractivity contribution in [3.8, 4) is 0 Å². The van der Waals surface area contributed by atoms with Gasteiger partial charge in [-0.15, -0.1) is 0 Å². The highest BCUT2D eigenvalue weighted by Gasteiger charge is 2.23. The van der Waals surface area contributed by atoms with Gasteiger partial charge in [-0.3, -0.25) is 9.82 Å². The number of nitrogens with one attached hydrogen (secondary N) is 2. The van der Waals surface area contributed by atoms with Crippen LogP contribution in [0.1, 0.15) is 16.8 Å². The lowest BCUT2D eigenvalue weighted by atomic mass is 10.2. The van der Waals surface area contributed by atoms with Crippen molar-refractivity contribution in [2.75, 3.05) is 11.8 Å². The van der Waals surface area contributed by atoms with E-state index in [2.05, 4.69) is 14.9 Å². The zero-order valence-electron chi connectivity index (χ0n) is 11.8. The number of ether oxygens (including phenoxy) is 1. The van der Waals surface area contributed by atoms with Gasteiger partial charge in [-0.2, -0.15) is 13.5 Å². The summed E-state index contributed by atoms with van der Waals surface area (Å²) in [6.07, 6.45) is 0. The summed E-state index contributed by atoms with van der Waals surface area (Å²) < 4.78 is 32.1. The van der Waals surface area contributed by atoms with Crippen LogP contribution < -0.4 is 4.72 Å². The van der Waals surface area contributed by atoms with Crippen LogP contribution in [0, 0.1) is 6.92 Å². The van der Waals surface area contributed by atoms with Crippen LogP contribution >= 0.6 is 0 Å². The number of aromatic nitrogens is 2. The van der Waals surface area contributed by atoms with Gasteiger partial charge in [-0.05, 0) is 24.6 Å². The molecule has 0 aliphatic heterocycles. The number of aryl methyl sites for hydroxylation is 1. The Kier molecular flexibility index (Phi) is 4.61. The highest BCUT2D eigenvalue weighted by atomic mass is 32.2. The third-order valence-corrected chi connectivity index (χ3v) is 4.29. The first-order valence-corrected chi connectivity index (χ1v) is 7.71. The van der Waals surface area contributed by atoms with Crippen LogP contribution in [-0.2, 0) is 28.0 Å². The lowest BCUT2D eigenvalue weighted by molar-refractivity contribution is 0.185. The van der Waals surface area contributed by atoms with Crippen molar-refractivity contribution in [3.63, 3.8) is 0 Å². The fourth-order valence-electron chi connectivity index (χ4n) is 1.93. The zero-order chi connectivity index (χ0) is 15.5. The topological polar surface area (TPSA) is 104 Å². The number of sulfonamides is 1. The quantitative estimate of drug-likeness (QED) is 0.742. The number of hydrogen-bond acceptors (Lipinski definition) is 5. The van der Waals surface area contributed by atoms with Crippen LogP contribution in [0.15, 0.2) is 29.3 Å². The van der Waals surface area contributed by atoms with Crippen LogP contribution in [0.4, 0.5) is 5.69 Å². The van der Waals surface area contributed by atoms with Gasteiger partial charge in [-0.1, -0.05) is 12.1 Å². The molecule has 114 valence electrons. The number of aliphatic hydroxyl groups excluding tert-OH is 1. The van der Waals surface area contributed by atoms with Gasteiger partial charge in [0.15, 0.2) is 0 Å². The van der Waals surface area contributed by atoms with E-state index in [-0.39, 0.29) is 10.6 Å². The fourth-order valence-corrected chi connectivity index (χ4v) is 3.18. The van der Waals surface area contributed by atoms with Crippen LogP contribution in [-0.4, -0.2) is 30.8 Å². The molecule has 1 heterocycles. The van der Waals surface area contributed by atoms with E-state index >= 15 is 0 Å². The minimum atomic E-state index is -3.86. The Hall–Kier alpha value is -1.90. The van der Waals surface area contributed by atoms with Crippen molar-refractivity contribution in [3.05, 3.63) is 41.1 Å². The van der Waals surface area contributed by atoms with E-state index in [1.165, 1.54) is 0 Å². The molecular formula is C13H17N3O4S.